The molecule has 0 amide bonds. The zero-order valence-corrected chi connectivity index (χ0v) is 14.1. The molecule has 1 heterocycles. The van der Waals surface area contributed by atoms with Crippen LogP contribution in [0.2, 0.25) is 0 Å². The van der Waals surface area contributed by atoms with Crippen molar-refractivity contribution in [3.8, 4) is 0 Å². The van der Waals surface area contributed by atoms with Crippen LogP contribution in [0.4, 0.5) is 5.69 Å². The van der Waals surface area contributed by atoms with Crippen molar-refractivity contribution in [2.75, 3.05) is 38.5 Å². The second-order valence-corrected chi connectivity index (χ2v) is 7.36. The van der Waals surface area contributed by atoms with Crippen LogP contribution in [-0.4, -0.2) is 48.1 Å². The lowest BCUT2D eigenvalue weighted by Crippen LogP contribution is -2.53. The maximum absolute atomic E-state index is 5.75. The number of rotatable bonds is 4. The monoisotopic (exact) mass is 289 g/mol. The minimum Gasteiger partial charge on any atom is -0.399 e. The van der Waals surface area contributed by atoms with Gasteiger partial charge in [0.1, 0.15) is 0 Å². The van der Waals surface area contributed by atoms with Crippen molar-refractivity contribution in [3.63, 3.8) is 0 Å². The Balaban J connectivity index is 1.76. The van der Waals surface area contributed by atoms with Crippen LogP contribution in [0.5, 0.6) is 0 Å². The number of piperazine rings is 1. The van der Waals surface area contributed by atoms with E-state index in [9.17, 15) is 0 Å². The van der Waals surface area contributed by atoms with E-state index in [4.69, 9.17) is 5.73 Å². The third kappa shape index (κ3) is 4.72. The first-order valence-corrected chi connectivity index (χ1v) is 8.19. The summed E-state index contributed by atoms with van der Waals surface area (Å²) in [5, 5.41) is 0. The van der Waals surface area contributed by atoms with Crippen LogP contribution in [-0.2, 0) is 0 Å². The summed E-state index contributed by atoms with van der Waals surface area (Å²) in [6.45, 7) is 15.2. The molecule has 0 spiro atoms. The predicted octanol–water partition coefficient (Wildman–Crippen LogP) is 3.18. The van der Waals surface area contributed by atoms with E-state index in [0.29, 0.717) is 11.5 Å². The minimum absolute atomic E-state index is 0.309. The van der Waals surface area contributed by atoms with Crippen molar-refractivity contribution < 1.29 is 0 Å². The van der Waals surface area contributed by atoms with Crippen LogP contribution in [0.15, 0.2) is 24.3 Å². The standard InChI is InChI=1S/C18H31N3/c1-15(16-5-7-17(19)8-6-16)9-10-20-11-13-21(14-12-20)18(2,3)4/h5-8,15H,9-14,19H2,1-4H3. The first kappa shape index (κ1) is 16.3. The molecule has 0 bridgehead atoms. The summed E-state index contributed by atoms with van der Waals surface area (Å²) >= 11 is 0. The van der Waals surface area contributed by atoms with Gasteiger partial charge in [-0.05, 0) is 57.4 Å². The van der Waals surface area contributed by atoms with Gasteiger partial charge in [0.05, 0.1) is 0 Å². The molecule has 0 aliphatic carbocycles. The molecule has 1 aliphatic rings. The fraction of sp³-hybridized carbons (Fsp3) is 0.667. The number of nitrogens with two attached hydrogens (primary N) is 1. The van der Waals surface area contributed by atoms with Crippen LogP contribution in [0.3, 0.4) is 0 Å². The Kier molecular flexibility index (Phi) is 5.28. The summed E-state index contributed by atoms with van der Waals surface area (Å²) < 4.78 is 0. The Bertz CT molecular complexity index is 425. The van der Waals surface area contributed by atoms with Gasteiger partial charge in [-0.15, -0.1) is 0 Å². The van der Waals surface area contributed by atoms with E-state index in [2.05, 4.69) is 49.6 Å². The molecule has 1 saturated heterocycles. The van der Waals surface area contributed by atoms with Crippen LogP contribution in [0, 0.1) is 0 Å². The summed E-state index contributed by atoms with van der Waals surface area (Å²) in [5.74, 6) is 0.603. The van der Waals surface area contributed by atoms with E-state index in [1.165, 1.54) is 44.7 Å². The average Bonchev–Trinajstić information content (AvgIpc) is 2.45. The predicted molar refractivity (Wildman–Crippen MR) is 91.7 cm³/mol. The van der Waals surface area contributed by atoms with Crippen LogP contribution >= 0.6 is 0 Å². The first-order valence-electron chi connectivity index (χ1n) is 8.19. The quantitative estimate of drug-likeness (QED) is 0.864. The summed E-state index contributed by atoms with van der Waals surface area (Å²) in [6, 6.07) is 8.34. The number of nitrogens with zero attached hydrogens (tertiary/aromatic N) is 2. The number of anilines is 1. The molecule has 0 aromatic heterocycles. The highest BCUT2D eigenvalue weighted by molar-refractivity contribution is 5.40. The maximum Gasteiger partial charge on any atom is 0.0314 e. The van der Waals surface area contributed by atoms with Gasteiger partial charge in [-0.1, -0.05) is 19.1 Å². The van der Waals surface area contributed by atoms with Crippen LogP contribution in [0.1, 0.15) is 45.6 Å². The van der Waals surface area contributed by atoms with Gasteiger partial charge in [0.25, 0.3) is 0 Å². The molecule has 2 N–H and O–H groups in total. The zero-order chi connectivity index (χ0) is 15.5. The van der Waals surface area contributed by atoms with Gasteiger partial charge in [-0.2, -0.15) is 0 Å². The first-order chi connectivity index (χ1) is 9.86. The summed E-state index contributed by atoms with van der Waals surface area (Å²) in [5.41, 5.74) is 8.31. The molecule has 1 atom stereocenters. The van der Waals surface area contributed by atoms with Crippen molar-refractivity contribution in [1.82, 2.24) is 9.80 Å². The smallest absolute Gasteiger partial charge is 0.0314 e. The highest BCUT2D eigenvalue weighted by Gasteiger charge is 2.25. The molecule has 1 aromatic rings. The van der Waals surface area contributed by atoms with Crippen molar-refractivity contribution in [1.29, 1.82) is 0 Å². The fourth-order valence-corrected chi connectivity index (χ4v) is 3.01. The Hall–Kier alpha value is -1.06. The Morgan fingerprint density at radius 1 is 1.05 bits per heavy atom. The van der Waals surface area contributed by atoms with E-state index in [1.54, 1.807) is 0 Å². The topological polar surface area (TPSA) is 32.5 Å². The van der Waals surface area contributed by atoms with E-state index in [1.807, 2.05) is 12.1 Å². The van der Waals surface area contributed by atoms with Gasteiger partial charge >= 0.3 is 0 Å². The van der Waals surface area contributed by atoms with E-state index in [-0.39, 0.29) is 0 Å². The Morgan fingerprint density at radius 2 is 1.62 bits per heavy atom. The van der Waals surface area contributed by atoms with Gasteiger partial charge in [-0.3, -0.25) is 4.90 Å². The second-order valence-electron chi connectivity index (χ2n) is 7.36. The molecule has 1 aromatic carbocycles. The average molecular weight is 289 g/mol. The van der Waals surface area contributed by atoms with Gasteiger partial charge < -0.3 is 10.6 Å². The van der Waals surface area contributed by atoms with Crippen LogP contribution in [0.25, 0.3) is 0 Å². The van der Waals surface area contributed by atoms with Crippen LogP contribution < -0.4 is 5.73 Å². The van der Waals surface area contributed by atoms with E-state index < -0.39 is 0 Å². The molecule has 3 heteroatoms. The van der Waals surface area contributed by atoms with Gasteiger partial charge in [0, 0.05) is 37.4 Å². The molecule has 1 aliphatic heterocycles. The Labute approximate surface area is 130 Å². The largest absolute Gasteiger partial charge is 0.399 e. The molecule has 1 fully saturated rings. The molecule has 1 unspecified atom stereocenters. The number of nitrogen functional groups attached to an aromatic ring is 1. The zero-order valence-electron chi connectivity index (χ0n) is 14.1. The fourth-order valence-electron chi connectivity index (χ4n) is 3.01. The highest BCUT2D eigenvalue weighted by atomic mass is 15.3. The Morgan fingerprint density at radius 3 is 2.14 bits per heavy atom. The van der Waals surface area contributed by atoms with E-state index in [0.717, 1.165) is 5.69 Å². The van der Waals surface area contributed by atoms with Crippen molar-refractivity contribution in [3.05, 3.63) is 29.8 Å². The molecular weight excluding hydrogens is 258 g/mol. The SMILES string of the molecule is CC(CCN1CCN(C(C)(C)C)CC1)c1ccc(N)cc1. The molecule has 2 rings (SSSR count). The molecule has 0 radical (unpaired) electrons. The lowest BCUT2D eigenvalue weighted by Gasteiger charge is -2.42. The minimum atomic E-state index is 0.309. The third-order valence-electron chi connectivity index (χ3n) is 4.70. The maximum atomic E-state index is 5.75. The van der Waals surface area contributed by atoms with E-state index >= 15 is 0 Å². The third-order valence-corrected chi connectivity index (χ3v) is 4.70. The molecule has 21 heavy (non-hydrogen) atoms. The highest BCUT2D eigenvalue weighted by Crippen LogP contribution is 2.21. The summed E-state index contributed by atoms with van der Waals surface area (Å²) in [7, 11) is 0. The second kappa shape index (κ2) is 6.80. The molecule has 0 saturated carbocycles. The number of benzene rings is 1. The van der Waals surface area contributed by atoms with Crippen molar-refractivity contribution in [2.45, 2.75) is 45.6 Å². The van der Waals surface area contributed by atoms with Crippen molar-refractivity contribution >= 4 is 5.69 Å². The molecule has 118 valence electrons. The number of hydrogen-bond acceptors (Lipinski definition) is 3. The molecular formula is C18H31N3. The molecule has 3 nitrogen and oxygen atoms in total. The lowest BCUT2D eigenvalue weighted by molar-refractivity contribution is 0.0612. The summed E-state index contributed by atoms with van der Waals surface area (Å²) in [4.78, 5) is 5.20. The van der Waals surface area contributed by atoms with Gasteiger partial charge in [-0.25, -0.2) is 0 Å². The summed E-state index contributed by atoms with van der Waals surface area (Å²) in [6.07, 6.45) is 1.22. The normalized spacial score (nSPS) is 19.6. The lowest BCUT2D eigenvalue weighted by atomic mass is 9.97. The van der Waals surface area contributed by atoms with Gasteiger partial charge in [0.15, 0.2) is 0 Å². The van der Waals surface area contributed by atoms with Gasteiger partial charge in [0.2, 0.25) is 0 Å². The number of hydrogen-bond donors (Lipinski definition) is 1. The van der Waals surface area contributed by atoms with Crippen molar-refractivity contribution in [2.24, 2.45) is 0 Å².